The second-order valence-electron chi connectivity index (χ2n) is 14.0. The van der Waals surface area contributed by atoms with Gasteiger partial charge < -0.3 is 34.6 Å². The number of amides is 3. The Kier molecular flexibility index (Phi) is 12.7. The zero-order valence-electron chi connectivity index (χ0n) is 31.3. The maximum absolute atomic E-state index is 14.1. The number of benzene rings is 1. The Morgan fingerprint density at radius 1 is 0.948 bits per heavy atom. The molecule has 4 aromatic rings. The monoisotopic (exact) mass is 861 g/mol. The second kappa shape index (κ2) is 16.8. The molecule has 1 aromatic carbocycles. The molecule has 2 saturated heterocycles. The lowest BCUT2D eigenvalue weighted by Gasteiger charge is -2.36. The van der Waals surface area contributed by atoms with E-state index in [9.17, 15) is 45.5 Å². The lowest BCUT2D eigenvalue weighted by molar-refractivity contribution is -0.878. The molecule has 0 saturated carbocycles. The topological polar surface area (TPSA) is 171 Å². The van der Waals surface area contributed by atoms with Gasteiger partial charge in [-0.3, -0.25) is 14.4 Å². The van der Waals surface area contributed by atoms with Crippen LogP contribution in [0.5, 0.6) is 0 Å². The summed E-state index contributed by atoms with van der Waals surface area (Å²) in [4.78, 5) is 60.6. The molecule has 15 nitrogen and oxygen atoms in total. The molecule has 58 heavy (non-hydrogen) atoms. The highest BCUT2D eigenvalue weighted by Crippen LogP contribution is 2.37. The Morgan fingerprint density at radius 2 is 1.60 bits per heavy atom. The third-order valence-electron chi connectivity index (χ3n) is 9.45. The number of nitrogens with zero attached hydrogens (tertiary/aromatic N) is 8. The zero-order chi connectivity index (χ0) is 42.9. The number of nitrogens with one attached hydrogen (secondary N) is 1. The number of esters is 1. The smallest absolute Gasteiger partial charge is 0.462 e. The van der Waals surface area contributed by atoms with Crippen LogP contribution in [0.25, 0.3) is 17.1 Å². The number of nitrogens with two attached hydrogens (primary N) is 1. The summed E-state index contributed by atoms with van der Waals surface area (Å²) in [6.07, 6.45) is -5.40. The van der Waals surface area contributed by atoms with Gasteiger partial charge in [0.25, 0.3) is 11.8 Å². The van der Waals surface area contributed by atoms with Crippen molar-refractivity contribution in [3.05, 3.63) is 70.0 Å². The number of carbonyl (C=O) groups excluding carboxylic acids is 4. The van der Waals surface area contributed by atoms with E-state index in [2.05, 4.69) is 39.2 Å². The maximum atomic E-state index is 14.1. The van der Waals surface area contributed by atoms with Crippen molar-refractivity contribution in [2.45, 2.75) is 18.8 Å². The lowest BCUT2D eigenvalue weighted by Crippen LogP contribution is -2.52. The summed E-state index contributed by atoms with van der Waals surface area (Å²) in [6.45, 7) is 3.37. The number of quaternary nitrogens is 1. The fourth-order valence-corrected chi connectivity index (χ4v) is 6.84. The van der Waals surface area contributed by atoms with Gasteiger partial charge in [-0.05, 0) is 18.2 Å². The first-order chi connectivity index (χ1) is 27.0. The first-order valence-corrected chi connectivity index (χ1v) is 18.0. The van der Waals surface area contributed by atoms with E-state index >= 15 is 0 Å². The molecule has 1 unspecified atom stereocenters. The molecule has 3 N–H and O–H groups in total. The molecule has 0 radical (unpaired) electrons. The van der Waals surface area contributed by atoms with Crippen molar-refractivity contribution < 1.29 is 54.7 Å². The number of nitrogen functional groups attached to an aromatic ring is 1. The van der Waals surface area contributed by atoms with Crippen molar-refractivity contribution in [3.63, 3.8) is 0 Å². The van der Waals surface area contributed by atoms with Crippen LogP contribution in [0.3, 0.4) is 0 Å². The fraction of sp³-hybridized carbons (Fsp3) is 0.400. The van der Waals surface area contributed by atoms with Crippen LogP contribution in [0.1, 0.15) is 33.1 Å². The van der Waals surface area contributed by atoms with Crippen molar-refractivity contribution >= 4 is 58.3 Å². The van der Waals surface area contributed by atoms with Gasteiger partial charge in [-0.15, -0.1) is 0 Å². The fourth-order valence-electron chi connectivity index (χ4n) is 6.43. The minimum absolute atomic E-state index is 0.000196. The molecule has 0 spiro atoms. The number of pyridine rings is 1. The number of aromatic nitrogens is 5. The normalized spacial score (nSPS) is 16.7. The summed E-state index contributed by atoms with van der Waals surface area (Å²) < 4.78 is 81.4. The highest BCUT2D eigenvalue weighted by atomic mass is 35.5. The molecule has 5 heterocycles. The second-order valence-corrected chi connectivity index (χ2v) is 14.8. The van der Waals surface area contributed by atoms with Crippen molar-refractivity contribution in [3.8, 4) is 17.1 Å². The Hall–Kier alpha value is -5.41. The minimum atomic E-state index is -4.85. The van der Waals surface area contributed by atoms with E-state index in [4.69, 9.17) is 28.9 Å². The number of alkyl halides is 6. The van der Waals surface area contributed by atoms with Crippen LogP contribution in [-0.2, 0) is 27.5 Å². The third-order valence-corrected chi connectivity index (χ3v) is 10.1. The van der Waals surface area contributed by atoms with E-state index in [1.54, 1.807) is 4.90 Å². The van der Waals surface area contributed by atoms with Gasteiger partial charge in [0.15, 0.2) is 17.3 Å². The molecule has 23 heteroatoms. The molecule has 3 amide bonds. The van der Waals surface area contributed by atoms with Crippen molar-refractivity contribution in [1.82, 2.24) is 34.1 Å². The van der Waals surface area contributed by atoms with Gasteiger partial charge >= 0.3 is 18.3 Å². The van der Waals surface area contributed by atoms with Crippen LogP contribution in [0.4, 0.5) is 37.7 Å². The first kappa shape index (κ1) is 43.7. The Labute approximate surface area is 336 Å². The SMILES string of the molecule is COC(=O)C(F)(F)F.Cn1c(-c2cn(-c3cc(Cl)c(N)cn3)nc2C(F)(F)F)cnc1C(=O)Nc1ccc(C(=O)N2CCN(C(=O)C3CC[N+](C)(C)C3)CC2)c(Cl)c1. The van der Waals surface area contributed by atoms with Crippen LogP contribution >= 0.6 is 23.2 Å². The largest absolute Gasteiger partial charge is 0.490 e. The number of ether oxygens (including phenoxy) is 1. The summed E-state index contributed by atoms with van der Waals surface area (Å²) in [5.41, 5.74) is 4.68. The number of carbonyl (C=O) groups is 4. The molecule has 2 aliphatic heterocycles. The van der Waals surface area contributed by atoms with Crippen LogP contribution < -0.4 is 11.1 Å². The van der Waals surface area contributed by atoms with Gasteiger partial charge in [0.2, 0.25) is 5.91 Å². The van der Waals surface area contributed by atoms with E-state index in [0.717, 1.165) is 41.1 Å². The van der Waals surface area contributed by atoms with E-state index in [-0.39, 0.29) is 67.6 Å². The van der Waals surface area contributed by atoms with Crippen LogP contribution in [0.2, 0.25) is 10.0 Å². The summed E-state index contributed by atoms with van der Waals surface area (Å²) >= 11 is 12.5. The van der Waals surface area contributed by atoms with Crippen LogP contribution in [0.15, 0.2) is 42.9 Å². The van der Waals surface area contributed by atoms with Gasteiger partial charge in [-0.25, -0.2) is 19.4 Å². The molecular formula is C35H37Cl2F6N10O5+. The highest BCUT2D eigenvalue weighted by Gasteiger charge is 2.41. The molecule has 0 aliphatic carbocycles. The molecule has 6 rings (SSSR count). The molecule has 3 aromatic heterocycles. The maximum Gasteiger partial charge on any atom is 0.490 e. The average Bonchev–Trinajstić information content (AvgIpc) is 3.88. The molecule has 0 bridgehead atoms. The number of halogens is 8. The Balaban J connectivity index is 0.000000725. The van der Waals surface area contributed by atoms with E-state index in [0.29, 0.717) is 33.3 Å². The summed E-state index contributed by atoms with van der Waals surface area (Å²) in [7, 11) is 6.30. The van der Waals surface area contributed by atoms with Gasteiger partial charge in [0.05, 0.1) is 85.2 Å². The van der Waals surface area contributed by atoms with Crippen molar-refractivity contribution in [2.24, 2.45) is 13.0 Å². The van der Waals surface area contributed by atoms with Crippen molar-refractivity contribution in [2.75, 3.05) is 71.5 Å². The van der Waals surface area contributed by atoms with Gasteiger partial charge in [0, 0.05) is 57.6 Å². The average molecular weight is 863 g/mol. The molecular weight excluding hydrogens is 825 g/mol. The van der Waals surface area contributed by atoms with E-state index in [1.807, 2.05) is 4.90 Å². The lowest BCUT2D eigenvalue weighted by atomic mass is 10.1. The summed E-state index contributed by atoms with van der Waals surface area (Å²) in [5, 5.41) is 6.50. The molecule has 1 atom stereocenters. The summed E-state index contributed by atoms with van der Waals surface area (Å²) in [5.74, 6) is -3.26. The highest BCUT2D eigenvalue weighted by molar-refractivity contribution is 6.34. The number of methoxy groups -OCH3 is 1. The predicted molar refractivity (Wildman–Crippen MR) is 198 cm³/mol. The number of anilines is 2. The molecule has 2 fully saturated rings. The summed E-state index contributed by atoms with van der Waals surface area (Å²) in [6, 6.07) is 5.67. The van der Waals surface area contributed by atoms with Gasteiger partial charge in [0.1, 0.15) is 0 Å². The molecule has 2 aliphatic rings. The van der Waals surface area contributed by atoms with Gasteiger partial charge in [-0.1, -0.05) is 23.2 Å². The Morgan fingerprint density at radius 3 is 2.14 bits per heavy atom. The first-order valence-electron chi connectivity index (χ1n) is 17.3. The standard InChI is InChI=1S/C32H33Cl2F3N10O3.C3H3F3O2/c1-43-25(21-16-46(42-27(21)32(35,36)37)26-13-23(34)24(38)14-39-26)15-40-28(43)29(48)41-19-4-5-20(22(33)12-19)31(50)45-9-7-44(8-10-45)30(49)18-6-11-47(2,3)17-18;1-8-2(7)3(4,5)6/h4-5,12-16,18H,6-11,17,38H2,1-3H3;1H3/p+1. The van der Waals surface area contributed by atoms with E-state index < -0.39 is 29.9 Å². The number of hydrogen-bond donors (Lipinski definition) is 2. The zero-order valence-corrected chi connectivity index (χ0v) is 32.8. The number of imidazole rings is 1. The number of hydrogen-bond acceptors (Lipinski definition) is 9. The van der Waals surface area contributed by atoms with Crippen LogP contribution in [0, 0.1) is 5.92 Å². The Bertz CT molecular complexity index is 2220. The van der Waals surface area contributed by atoms with Gasteiger partial charge in [-0.2, -0.15) is 31.4 Å². The van der Waals surface area contributed by atoms with Crippen LogP contribution in [-0.4, -0.2) is 129 Å². The third kappa shape index (κ3) is 9.81. The predicted octanol–water partition coefficient (Wildman–Crippen LogP) is 4.93. The van der Waals surface area contributed by atoms with E-state index in [1.165, 1.54) is 42.1 Å². The minimum Gasteiger partial charge on any atom is -0.462 e. The van der Waals surface area contributed by atoms with Crippen molar-refractivity contribution in [1.29, 1.82) is 0 Å². The number of piperazine rings is 1. The molecule has 312 valence electrons. The number of rotatable bonds is 6. The quantitative estimate of drug-likeness (QED) is 0.155. The number of likely N-dealkylation sites (tertiary alicyclic amines) is 1.